The van der Waals surface area contributed by atoms with Crippen LogP contribution in [-0.2, 0) is 16.8 Å². The summed E-state index contributed by atoms with van der Waals surface area (Å²) < 4.78 is 10.2. The lowest BCUT2D eigenvalue weighted by Crippen LogP contribution is -2.21. The number of aromatic nitrogens is 2. The molecule has 1 unspecified atom stereocenters. The first-order valence-electron chi connectivity index (χ1n) is 4.52. The number of hydrogen-bond acceptors (Lipinski definition) is 5. The van der Waals surface area contributed by atoms with Crippen molar-refractivity contribution in [3.63, 3.8) is 0 Å². The molecule has 0 aliphatic rings. The number of rotatable bonds is 4. The maximum atomic E-state index is 9.12. The molecule has 0 spiro atoms. The third kappa shape index (κ3) is 2.52. The highest BCUT2D eigenvalue weighted by atomic mass is 16.5. The highest BCUT2D eigenvalue weighted by molar-refractivity contribution is 4.97. The molecule has 0 saturated heterocycles. The van der Waals surface area contributed by atoms with Gasteiger partial charge in [-0.25, -0.2) is 0 Å². The zero-order chi connectivity index (χ0) is 10.8. The van der Waals surface area contributed by atoms with Gasteiger partial charge in [0.2, 0.25) is 11.7 Å². The predicted molar refractivity (Wildman–Crippen MR) is 49.7 cm³/mol. The number of ether oxygens (including phenoxy) is 1. The minimum absolute atomic E-state index is 0.368. The SMILES string of the molecule is COC(C)(C)c1noc(CC(C)O)n1. The first kappa shape index (κ1) is 11.1. The van der Waals surface area contributed by atoms with Crippen LogP contribution in [0.5, 0.6) is 0 Å². The lowest BCUT2D eigenvalue weighted by Gasteiger charge is -2.17. The molecule has 0 bridgehead atoms. The largest absolute Gasteiger partial charge is 0.393 e. The van der Waals surface area contributed by atoms with Gasteiger partial charge in [0.05, 0.1) is 12.5 Å². The van der Waals surface area contributed by atoms with Crippen LogP contribution >= 0.6 is 0 Å². The van der Waals surface area contributed by atoms with Crippen LogP contribution in [0.3, 0.4) is 0 Å². The van der Waals surface area contributed by atoms with Crippen molar-refractivity contribution in [3.8, 4) is 0 Å². The van der Waals surface area contributed by atoms with Crippen molar-refractivity contribution in [1.29, 1.82) is 0 Å². The summed E-state index contributed by atoms with van der Waals surface area (Å²) in [6, 6.07) is 0. The lowest BCUT2D eigenvalue weighted by atomic mass is 10.1. The first-order chi connectivity index (χ1) is 6.45. The fraction of sp³-hybridized carbons (Fsp3) is 0.778. The quantitative estimate of drug-likeness (QED) is 0.781. The molecular weight excluding hydrogens is 184 g/mol. The van der Waals surface area contributed by atoms with Crippen LogP contribution < -0.4 is 0 Å². The van der Waals surface area contributed by atoms with Crippen LogP contribution in [0, 0.1) is 0 Å². The van der Waals surface area contributed by atoms with Crippen LogP contribution in [0.4, 0.5) is 0 Å². The summed E-state index contributed by atoms with van der Waals surface area (Å²) in [6.07, 6.45) is -0.110. The molecule has 0 amide bonds. The van der Waals surface area contributed by atoms with Gasteiger partial charge in [-0.3, -0.25) is 0 Å². The molecule has 1 aromatic rings. The van der Waals surface area contributed by atoms with Gasteiger partial charge in [-0.1, -0.05) is 5.16 Å². The van der Waals surface area contributed by atoms with Crippen molar-refractivity contribution in [2.45, 2.75) is 38.9 Å². The standard InChI is InChI=1S/C9H16N2O3/c1-6(12)5-7-10-8(11-14-7)9(2,3)13-4/h6,12H,5H2,1-4H3. The molecule has 0 aromatic carbocycles. The lowest BCUT2D eigenvalue weighted by molar-refractivity contribution is 0.00973. The van der Waals surface area contributed by atoms with Gasteiger partial charge < -0.3 is 14.4 Å². The maximum Gasteiger partial charge on any atom is 0.229 e. The molecule has 0 saturated carbocycles. The van der Waals surface area contributed by atoms with E-state index in [4.69, 9.17) is 14.4 Å². The molecule has 5 heteroatoms. The van der Waals surface area contributed by atoms with Crippen LogP contribution in [0.15, 0.2) is 4.52 Å². The third-order valence-corrected chi connectivity index (χ3v) is 1.99. The molecule has 0 fully saturated rings. The van der Waals surface area contributed by atoms with Crippen molar-refractivity contribution in [2.75, 3.05) is 7.11 Å². The van der Waals surface area contributed by atoms with E-state index in [1.807, 2.05) is 13.8 Å². The number of methoxy groups -OCH3 is 1. The fourth-order valence-electron chi connectivity index (χ4n) is 0.926. The van der Waals surface area contributed by atoms with Gasteiger partial charge in [0.15, 0.2) is 0 Å². The molecule has 1 rings (SSSR count). The van der Waals surface area contributed by atoms with Gasteiger partial charge in [-0.2, -0.15) is 4.98 Å². The number of aliphatic hydroxyl groups excluding tert-OH is 1. The third-order valence-electron chi connectivity index (χ3n) is 1.99. The van der Waals surface area contributed by atoms with E-state index in [2.05, 4.69) is 10.1 Å². The van der Waals surface area contributed by atoms with E-state index in [1.165, 1.54) is 0 Å². The number of hydrogen-bond donors (Lipinski definition) is 1. The van der Waals surface area contributed by atoms with E-state index >= 15 is 0 Å². The van der Waals surface area contributed by atoms with E-state index in [0.29, 0.717) is 18.1 Å². The Morgan fingerprint density at radius 2 is 2.21 bits per heavy atom. The highest BCUT2D eigenvalue weighted by Gasteiger charge is 2.26. The summed E-state index contributed by atoms with van der Waals surface area (Å²) in [6.45, 7) is 5.37. The maximum absolute atomic E-state index is 9.12. The predicted octanol–water partition coefficient (Wildman–Crippen LogP) is 0.874. The van der Waals surface area contributed by atoms with E-state index in [9.17, 15) is 0 Å². The highest BCUT2D eigenvalue weighted by Crippen LogP contribution is 2.20. The Morgan fingerprint density at radius 1 is 1.57 bits per heavy atom. The summed E-state index contributed by atoms with van der Waals surface area (Å²) in [5.74, 6) is 0.927. The second-order valence-electron chi connectivity index (χ2n) is 3.78. The van der Waals surface area contributed by atoms with Gasteiger partial charge in [0.25, 0.3) is 0 Å². The van der Waals surface area contributed by atoms with Gasteiger partial charge >= 0.3 is 0 Å². The van der Waals surface area contributed by atoms with Crippen LogP contribution in [-0.4, -0.2) is 28.5 Å². The fourth-order valence-corrected chi connectivity index (χ4v) is 0.926. The Hall–Kier alpha value is -0.940. The molecule has 1 aromatic heterocycles. The molecule has 14 heavy (non-hydrogen) atoms. The molecule has 1 atom stereocenters. The minimum atomic E-state index is -0.555. The Balaban J connectivity index is 2.77. The summed E-state index contributed by atoms with van der Waals surface area (Å²) in [5.41, 5.74) is -0.555. The molecule has 0 aliphatic heterocycles. The second kappa shape index (κ2) is 4.06. The van der Waals surface area contributed by atoms with Crippen molar-refractivity contribution < 1.29 is 14.4 Å². The van der Waals surface area contributed by atoms with Crippen molar-refractivity contribution in [3.05, 3.63) is 11.7 Å². The van der Waals surface area contributed by atoms with Gasteiger partial charge in [-0.15, -0.1) is 0 Å². The van der Waals surface area contributed by atoms with Crippen LogP contribution in [0.1, 0.15) is 32.5 Å². The Morgan fingerprint density at radius 3 is 2.71 bits per heavy atom. The smallest absolute Gasteiger partial charge is 0.229 e. The van der Waals surface area contributed by atoms with Gasteiger partial charge in [0.1, 0.15) is 5.60 Å². The summed E-state index contributed by atoms with van der Waals surface area (Å²) >= 11 is 0. The summed E-state index contributed by atoms with van der Waals surface area (Å²) in [4.78, 5) is 4.13. The molecule has 0 radical (unpaired) electrons. The Kier molecular flexibility index (Phi) is 3.23. The average molecular weight is 200 g/mol. The molecule has 1 N–H and O–H groups in total. The molecule has 80 valence electrons. The monoisotopic (exact) mass is 200 g/mol. The van der Waals surface area contributed by atoms with Crippen molar-refractivity contribution >= 4 is 0 Å². The zero-order valence-corrected chi connectivity index (χ0v) is 8.94. The van der Waals surface area contributed by atoms with E-state index < -0.39 is 11.7 Å². The normalized spacial score (nSPS) is 14.4. The van der Waals surface area contributed by atoms with Crippen molar-refractivity contribution in [1.82, 2.24) is 10.1 Å². The number of nitrogens with zero attached hydrogens (tertiary/aromatic N) is 2. The van der Waals surface area contributed by atoms with E-state index in [-0.39, 0.29) is 0 Å². The van der Waals surface area contributed by atoms with Crippen LogP contribution in [0.25, 0.3) is 0 Å². The van der Waals surface area contributed by atoms with Gasteiger partial charge in [0, 0.05) is 7.11 Å². The van der Waals surface area contributed by atoms with Crippen LogP contribution in [0.2, 0.25) is 0 Å². The minimum Gasteiger partial charge on any atom is -0.393 e. The average Bonchev–Trinajstić information content (AvgIpc) is 2.52. The first-order valence-corrected chi connectivity index (χ1v) is 4.52. The van der Waals surface area contributed by atoms with Gasteiger partial charge in [-0.05, 0) is 20.8 Å². The second-order valence-corrected chi connectivity index (χ2v) is 3.78. The van der Waals surface area contributed by atoms with E-state index in [1.54, 1.807) is 14.0 Å². The summed E-state index contributed by atoms with van der Waals surface area (Å²) in [7, 11) is 1.59. The zero-order valence-electron chi connectivity index (χ0n) is 8.94. The van der Waals surface area contributed by atoms with Crippen molar-refractivity contribution in [2.24, 2.45) is 0 Å². The topological polar surface area (TPSA) is 68.4 Å². The summed E-state index contributed by atoms with van der Waals surface area (Å²) in [5, 5.41) is 12.9. The molecular formula is C9H16N2O3. The molecule has 1 heterocycles. The Labute approximate surface area is 83.1 Å². The molecule has 5 nitrogen and oxygen atoms in total. The number of aliphatic hydroxyl groups is 1. The van der Waals surface area contributed by atoms with E-state index in [0.717, 1.165) is 0 Å². The molecule has 0 aliphatic carbocycles. The Bertz CT molecular complexity index is 294.